The molecule has 5 heteroatoms. The van der Waals surface area contributed by atoms with E-state index in [0.717, 1.165) is 18.7 Å². The SMILES string of the molecule is CSc1nc(C2CC2)nc(C)c1C(N)=O. The van der Waals surface area contributed by atoms with E-state index >= 15 is 0 Å². The van der Waals surface area contributed by atoms with Crippen LogP contribution < -0.4 is 5.73 Å². The molecule has 2 N–H and O–H groups in total. The highest BCUT2D eigenvalue weighted by atomic mass is 32.2. The zero-order valence-electron chi connectivity index (χ0n) is 8.78. The maximum atomic E-state index is 11.2. The van der Waals surface area contributed by atoms with Gasteiger partial charge in [0.2, 0.25) is 0 Å². The first-order chi connectivity index (χ1) is 7.13. The first-order valence-electron chi connectivity index (χ1n) is 4.85. The summed E-state index contributed by atoms with van der Waals surface area (Å²) in [7, 11) is 0. The maximum Gasteiger partial charge on any atom is 0.253 e. The molecule has 0 aromatic carbocycles. The van der Waals surface area contributed by atoms with Gasteiger partial charge < -0.3 is 5.73 Å². The number of rotatable bonds is 3. The van der Waals surface area contributed by atoms with Crippen molar-refractivity contribution in [3.05, 3.63) is 17.1 Å². The van der Waals surface area contributed by atoms with Crippen LogP contribution in [0, 0.1) is 6.92 Å². The van der Waals surface area contributed by atoms with Crippen LogP contribution in [0.15, 0.2) is 5.03 Å². The summed E-state index contributed by atoms with van der Waals surface area (Å²) in [6.07, 6.45) is 4.21. The topological polar surface area (TPSA) is 68.9 Å². The van der Waals surface area contributed by atoms with Crippen LogP contribution in [0.3, 0.4) is 0 Å². The van der Waals surface area contributed by atoms with Gasteiger partial charge in [0, 0.05) is 5.92 Å². The fraction of sp³-hybridized carbons (Fsp3) is 0.500. The zero-order valence-corrected chi connectivity index (χ0v) is 9.60. The zero-order chi connectivity index (χ0) is 11.0. The van der Waals surface area contributed by atoms with Gasteiger partial charge in [-0.3, -0.25) is 4.79 Å². The van der Waals surface area contributed by atoms with Gasteiger partial charge in [0.1, 0.15) is 10.9 Å². The summed E-state index contributed by atoms with van der Waals surface area (Å²) in [5.41, 5.74) is 6.46. The number of aryl methyl sites for hydroxylation is 1. The Kier molecular flexibility index (Phi) is 2.65. The summed E-state index contributed by atoms with van der Waals surface area (Å²) < 4.78 is 0. The number of carbonyl (C=O) groups is 1. The number of thioether (sulfide) groups is 1. The van der Waals surface area contributed by atoms with Crippen LogP contribution >= 0.6 is 11.8 Å². The van der Waals surface area contributed by atoms with E-state index in [2.05, 4.69) is 9.97 Å². The first-order valence-corrected chi connectivity index (χ1v) is 6.08. The highest BCUT2D eigenvalue weighted by Gasteiger charge is 2.28. The average molecular weight is 223 g/mol. The van der Waals surface area contributed by atoms with Gasteiger partial charge >= 0.3 is 0 Å². The van der Waals surface area contributed by atoms with Gasteiger partial charge in [-0.2, -0.15) is 0 Å². The molecule has 4 nitrogen and oxygen atoms in total. The monoisotopic (exact) mass is 223 g/mol. The van der Waals surface area contributed by atoms with Crippen molar-refractivity contribution >= 4 is 17.7 Å². The van der Waals surface area contributed by atoms with Gasteiger partial charge in [-0.25, -0.2) is 9.97 Å². The van der Waals surface area contributed by atoms with E-state index in [4.69, 9.17) is 5.73 Å². The summed E-state index contributed by atoms with van der Waals surface area (Å²) in [5, 5.41) is 0.705. The Morgan fingerprint density at radius 3 is 2.60 bits per heavy atom. The molecule has 1 aromatic heterocycles. The molecule has 0 atom stereocenters. The van der Waals surface area contributed by atoms with Crippen LogP contribution in [-0.4, -0.2) is 22.1 Å². The molecule has 0 unspecified atom stereocenters. The Balaban J connectivity index is 2.50. The number of amides is 1. The molecule has 0 saturated heterocycles. The van der Waals surface area contributed by atoms with Crippen molar-refractivity contribution in [1.29, 1.82) is 0 Å². The van der Waals surface area contributed by atoms with Crippen LogP contribution in [0.1, 0.15) is 40.6 Å². The molecule has 1 amide bonds. The number of hydrogen-bond donors (Lipinski definition) is 1. The smallest absolute Gasteiger partial charge is 0.253 e. The van der Waals surface area contributed by atoms with Crippen LogP contribution in [0.2, 0.25) is 0 Å². The first kappa shape index (κ1) is 10.4. The second-order valence-corrected chi connectivity index (χ2v) is 4.48. The molecule has 0 aliphatic heterocycles. The van der Waals surface area contributed by atoms with Crippen molar-refractivity contribution in [1.82, 2.24) is 9.97 Å². The van der Waals surface area contributed by atoms with E-state index in [9.17, 15) is 4.79 Å². The molecule has 1 aromatic rings. The van der Waals surface area contributed by atoms with Crippen LogP contribution in [0.25, 0.3) is 0 Å². The molecule has 1 saturated carbocycles. The molecule has 15 heavy (non-hydrogen) atoms. The summed E-state index contributed by atoms with van der Waals surface area (Å²) in [6.45, 7) is 1.81. The minimum atomic E-state index is -0.445. The fourth-order valence-electron chi connectivity index (χ4n) is 1.52. The van der Waals surface area contributed by atoms with Crippen molar-refractivity contribution < 1.29 is 4.79 Å². The minimum Gasteiger partial charge on any atom is -0.365 e. The van der Waals surface area contributed by atoms with Crippen LogP contribution in [0.5, 0.6) is 0 Å². The average Bonchev–Trinajstić information content (AvgIpc) is 2.98. The molecule has 1 aliphatic rings. The minimum absolute atomic E-state index is 0.445. The molecule has 80 valence electrons. The van der Waals surface area contributed by atoms with E-state index in [0.29, 0.717) is 22.2 Å². The Morgan fingerprint density at radius 2 is 2.13 bits per heavy atom. The molecular formula is C10H13N3OS. The molecule has 1 aliphatic carbocycles. The molecule has 1 heterocycles. The van der Waals surface area contributed by atoms with Gasteiger partial charge in [0.15, 0.2) is 0 Å². The normalized spacial score (nSPS) is 15.3. The van der Waals surface area contributed by atoms with E-state index in [1.165, 1.54) is 11.8 Å². The lowest BCUT2D eigenvalue weighted by Gasteiger charge is -2.08. The van der Waals surface area contributed by atoms with Gasteiger partial charge in [-0.1, -0.05) is 0 Å². The van der Waals surface area contributed by atoms with Gasteiger partial charge in [-0.05, 0) is 26.0 Å². The number of nitrogens with two attached hydrogens (primary N) is 1. The Morgan fingerprint density at radius 1 is 1.47 bits per heavy atom. The van der Waals surface area contributed by atoms with E-state index < -0.39 is 5.91 Å². The molecule has 1 fully saturated rings. The summed E-state index contributed by atoms with van der Waals surface area (Å²) in [6, 6.07) is 0. The number of nitrogens with zero attached hydrogens (tertiary/aromatic N) is 2. The van der Waals surface area contributed by atoms with Crippen LogP contribution in [-0.2, 0) is 0 Å². The predicted octanol–water partition coefficient (Wildman–Crippen LogP) is 1.48. The van der Waals surface area contributed by atoms with Crippen molar-refractivity contribution in [3.8, 4) is 0 Å². The molecular weight excluding hydrogens is 210 g/mol. The number of hydrogen-bond acceptors (Lipinski definition) is 4. The van der Waals surface area contributed by atoms with E-state index in [1.807, 2.05) is 13.2 Å². The van der Waals surface area contributed by atoms with Gasteiger partial charge in [0.05, 0.1) is 11.3 Å². The van der Waals surface area contributed by atoms with E-state index in [1.54, 1.807) is 0 Å². The lowest BCUT2D eigenvalue weighted by Crippen LogP contribution is -2.17. The largest absolute Gasteiger partial charge is 0.365 e. The summed E-state index contributed by atoms with van der Waals surface area (Å²) >= 11 is 1.45. The van der Waals surface area contributed by atoms with E-state index in [-0.39, 0.29) is 0 Å². The Hall–Kier alpha value is -1.10. The van der Waals surface area contributed by atoms with Crippen molar-refractivity contribution in [2.45, 2.75) is 30.7 Å². The van der Waals surface area contributed by atoms with Gasteiger partial charge in [-0.15, -0.1) is 11.8 Å². The Bertz CT molecular complexity index is 415. The molecule has 0 spiro atoms. The lowest BCUT2D eigenvalue weighted by molar-refractivity contribution is 0.0995. The standard InChI is InChI=1S/C10H13N3OS/c1-5-7(8(11)14)10(15-2)13-9(12-5)6-3-4-6/h6H,3-4H2,1-2H3,(H2,11,14). The van der Waals surface area contributed by atoms with Crippen molar-refractivity contribution in [2.24, 2.45) is 5.73 Å². The molecule has 0 bridgehead atoms. The number of aromatic nitrogens is 2. The van der Waals surface area contributed by atoms with Crippen molar-refractivity contribution in [3.63, 3.8) is 0 Å². The maximum absolute atomic E-state index is 11.2. The quantitative estimate of drug-likeness (QED) is 0.622. The Labute approximate surface area is 92.7 Å². The number of carbonyl (C=O) groups excluding carboxylic acids is 1. The highest BCUT2D eigenvalue weighted by Crippen LogP contribution is 2.39. The summed E-state index contributed by atoms with van der Waals surface area (Å²) in [5.74, 6) is 0.914. The fourth-order valence-corrected chi connectivity index (χ4v) is 2.16. The molecule has 0 radical (unpaired) electrons. The van der Waals surface area contributed by atoms with Crippen molar-refractivity contribution in [2.75, 3.05) is 6.26 Å². The second kappa shape index (κ2) is 3.81. The van der Waals surface area contributed by atoms with Crippen LogP contribution in [0.4, 0.5) is 0 Å². The third-order valence-electron chi connectivity index (χ3n) is 2.46. The third-order valence-corrected chi connectivity index (χ3v) is 3.14. The third kappa shape index (κ3) is 1.97. The predicted molar refractivity (Wildman–Crippen MR) is 59.0 cm³/mol. The lowest BCUT2D eigenvalue weighted by atomic mass is 10.2. The highest BCUT2D eigenvalue weighted by molar-refractivity contribution is 7.98. The molecule has 2 rings (SSSR count). The second-order valence-electron chi connectivity index (χ2n) is 3.69. The summed E-state index contributed by atoms with van der Waals surface area (Å²) in [4.78, 5) is 20.0. The number of primary amides is 1. The van der Waals surface area contributed by atoms with Gasteiger partial charge in [0.25, 0.3) is 5.91 Å².